The number of carbonyl (C=O) groups excluding carboxylic acids is 1. The van der Waals surface area contributed by atoms with Gasteiger partial charge < -0.3 is 15.2 Å². The highest BCUT2D eigenvalue weighted by molar-refractivity contribution is 5.75. The van der Waals surface area contributed by atoms with E-state index in [0.717, 1.165) is 0 Å². The van der Waals surface area contributed by atoms with E-state index in [4.69, 9.17) is 15.2 Å². The van der Waals surface area contributed by atoms with Crippen LogP contribution in [0.2, 0.25) is 0 Å². The topological polar surface area (TPSA) is 105 Å². The first kappa shape index (κ1) is 16.9. The second-order valence-corrected chi connectivity index (χ2v) is 4.41. The van der Waals surface area contributed by atoms with Crippen LogP contribution in [0.1, 0.15) is 32.3 Å². The minimum atomic E-state index is -0.860. The molecule has 0 aliphatic carbocycles. The quantitative estimate of drug-likeness (QED) is 0.448. The summed E-state index contributed by atoms with van der Waals surface area (Å²) in [6.45, 7) is 4.04. The van der Waals surface area contributed by atoms with Crippen LogP contribution in [0.15, 0.2) is 18.2 Å². The molecule has 0 amide bonds. The molecule has 0 fully saturated rings. The largest absolute Gasteiger partial charge is 0.472 e. The zero-order chi connectivity index (χ0) is 15.8. The number of esters is 1. The number of benzene rings is 1. The number of rotatable bonds is 8. The Balaban J connectivity index is 3.05. The van der Waals surface area contributed by atoms with Gasteiger partial charge in [0.05, 0.1) is 11.5 Å². The van der Waals surface area contributed by atoms with Gasteiger partial charge in [-0.1, -0.05) is 19.4 Å². The van der Waals surface area contributed by atoms with Crippen molar-refractivity contribution in [3.05, 3.63) is 33.9 Å². The molecule has 7 nitrogen and oxygen atoms in total. The van der Waals surface area contributed by atoms with Crippen LogP contribution in [-0.2, 0) is 16.1 Å². The average Bonchev–Trinajstić information content (AvgIpc) is 2.46. The molecular weight excluding hydrogens is 276 g/mol. The van der Waals surface area contributed by atoms with E-state index in [1.54, 1.807) is 13.0 Å². The lowest BCUT2D eigenvalue weighted by atomic mass is 10.1. The zero-order valence-corrected chi connectivity index (χ0v) is 12.2. The first-order valence-electron chi connectivity index (χ1n) is 6.84. The smallest absolute Gasteiger partial charge is 0.347 e. The maximum absolute atomic E-state index is 11.8. The van der Waals surface area contributed by atoms with Crippen LogP contribution in [-0.4, -0.2) is 23.6 Å². The van der Waals surface area contributed by atoms with E-state index in [-0.39, 0.29) is 24.6 Å². The van der Waals surface area contributed by atoms with Crippen LogP contribution in [0, 0.1) is 10.1 Å². The minimum absolute atomic E-state index is 0.0365. The summed E-state index contributed by atoms with van der Waals surface area (Å²) in [5.74, 6) is -0.485. The summed E-state index contributed by atoms with van der Waals surface area (Å²) < 4.78 is 10.5. The van der Waals surface area contributed by atoms with Crippen LogP contribution in [0.25, 0.3) is 0 Å². The van der Waals surface area contributed by atoms with Crippen molar-refractivity contribution in [2.45, 2.75) is 39.3 Å². The van der Waals surface area contributed by atoms with Gasteiger partial charge in [-0.05, 0) is 25.0 Å². The van der Waals surface area contributed by atoms with Gasteiger partial charge in [-0.15, -0.1) is 0 Å². The molecular formula is C14H20N2O5. The van der Waals surface area contributed by atoms with Crippen LogP contribution in [0.3, 0.4) is 0 Å². The van der Waals surface area contributed by atoms with Crippen LogP contribution in [0.4, 0.5) is 5.69 Å². The van der Waals surface area contributed by atoms with Gasteiger partial charge in [0.1, 0.15) is 0 Å². The lowest BCUT2D eigenvalue weighted by Gasteiger charge is -2.17. The summed E-state index contributed by atoms with van der Waals surface area (Å²) in [5, 5.41) is 11.0. The molecule has 7 heteroatoms. The van der Waals surface area contributed by atoms with Gasteiger partial charge in [0.25, 0.3) is 0 Å². The summed E-state index contributed by atoms with van der Waals surface area (Å²) >= 11 is 0. The number of hydrogen-bond donors (Lipinski definition) is 1. The summed E-state index contributed by atoms with van der Waals surface area (Å²) in [6, 6.07) is 4.37. The summed E-state index contributed by atoms with van der Waals surface area (Å²) in [5.41, 5.74) is 6.02. The summed E-state index contributed by atoms with van der Waals surface area (Å²) in [7, 11) is 0. The molecule has 0 aliphatic rings. The van der Waals surface area contributed by atoms with E-state index < -0.39 is 17.0 Å². The van der Waals surface area contributed by atoms with Crippen molar-refractivity contribution in [3.8, 4) is 5.75 Å². The Kier molecular flexibility index (Phi) is 6.61. The highest BCUT2D eigenvalue weighted by Gasteiger charge is 2.25. The highest BCUT2D eigenvalue weighted by Crippen LogP contribution is 2.29. The molecule has 0 saturated heterocycles. The van der Waals surface area contributed by atoms with E-state index in [1.165, 1.54) is 12.1 Å². The molecule has 1 atom stereocenters. The van der Waals surface area contributed by atoms with E-state index in [9.17, 15) is 14.9 Å². The van der Waals surface area contributed by atoms with Crippen molar-refractivity contribution in [2.24, 2.45) is 5.73 Å². The molecule has 0 aliphatic heterocycles. The first-order valence-corrected chi connectivity index (χ1v) is 6.84. The third kappa shape index (κ3) is 4.71. The van der Waals surface area contributed by atoms with Crippen LogP contribution >= 0.6 is 0 Å². The molecule has 1 rings (SSSR count). The molecule has 0 bridgehead atoms. The standard InChI is InChI=1S/C14H20N2O5/c1-3-5-12(14(17)20-4-2)21-13-8-10(9-15)6-7-11(13)16(18)19/h6-8,12H,3-5,9,15H2,1-2H3. The molecule has 116 valence electrons. The summed E-state index contributed by atoms with van der Waals surface area (Å²) in [6.07, 6.45) is 0.248. The fraction of sp³-hybridized carbons (Fsp3) is 0.500. The molecule has 0 spiro atoms. The molecule has 0 radical (unpaired) electrons. The van der Waals surface area contributed by atoms with E-state index in [2.05, 4.69) is 0 Å². The zero-order valence-electron chi connectivity index (χ0n) is 12.2. The van der Waals surface area contributed by atoms with Gasteiger partial charge in [-0.3, -0.25) is 10.1 Å². The second kappa shape index (κ2) is 8.21. The molecule has 0 saturated carbocycles. The molecule has 1 unspecified atom stereocenters. The Hall–Kier alpha value is -2.15. The summed E-state index contributed by atoms with van der Waals surface area (Å²) in [4.78, 5) is 22.3. The van der Waals surface area contributed by atoms with Crippen molar-refractivity contribution in [2.75, 3.05) is 6.61 Å². The van der Waals surface area contributed by atoms with Crippen molar-refractivity contribution in [3.63, 3.8) is 0 Å². The number of nitrogens with two attached hydrogens (primary N) is 1. The lowest BCUT2D eigenvalue weighted by molar-refractivity contribution is -0.386. The Labute approximate surface area is 123 Å². The second-order valence-electron chi connectivity index (χ2n) is 4.41. The molecule has 0 heterocycles. The number of carbonyl (C=O) groups is 1. The number of ether oxygens (including phenoxy) is 2. The molecule has 21 heavy (non-hydrogen) atoms. The van der Waals surface area contributed by atoms with E-state index >= 15 is 0 Å². The lowest BCUT2D eigenvalue weighted by Crippen LogP contribution is -2.29. The molecule has 0 aromatic heterocycles. The molecule has 2 N–H and O–H groups in total. The predicted octanol–water partition coefficient (Wildman–Crippen LogP) is 2.16. The monoisotopic (exact) mass is 296 g/mol. The van der Waals surface area contributed by atoms with Gasteiger partial charge in [0, 0.05) is 12.6 Å². The molecule has 1 aromatic rings. The van der Waals surface area contributed by atoms with Gasteiger partial charge in [0.2, 0.25) is 0 Å². The minimum Gasteiger partial charge on any atom is -0.472 e. The average molecular weight is 296 g/mol. The van der Waals surface area contributed by atoms with Crippen LogP contribution in [0.5, 0.6) is 5.75 Å². The Morgan fingerprint density at radius 1 is 1.43 bits per heavy atom. The van der Waals surface area contributed by atoms with Crippen LogP contribution < -0.4 is 10.5 Å². The maximum atomic E-state index is 11.8. The number of hydrogen-bond acceptors (Lipinski definition) is 6. The van der Waals surface area contributed by atoms with Crippen molar-refractivity contribution < 1.29 is 19.2 Å². The SMILES string of the molecule is CCCC(Oc1cc(CN)ccc1[N+](=O)[O-])C(=O)OCC. The Morgan fingerprint density at radius 2 is 2.14 bits per heavy atom. The third-order valence-electron chi connectivity index (χ3n) is 2.83. The Bertz CT molecular complexity index is 504. The van der Waals surface area contributed by atoms with E-state index in [1.807, 2.05) is 6.92 Å². The normalized spacial score (nSPS) is 11.8. The van der Waals surface area contributed by atoms with Crippen molar-refractivity contribution >= 4 is 11.7 Å². The number of nitro groups is 1. The van der Waals surface area contributed by atoms with Crippen molar-refractivity contribution in [1.29, 1.82) is 0 Å². The predicted molar refractivity (Wildman–Crippen MR) is 76.9 cm³/mol. The molecule has 1 aromatic carbocycles. The fourth-order valence-corrected chi connectivity index (χ4v) is 1.81. The number of nitro benzene ring substituents is 1. The number of nitrogens with zero attached hydrogens (tertiary/aromatic N) is 1. The fourth-order valence-electron chi connectivity index (χ4n) is 1.81. The van der Waals surface area contributed by atoms with Crippen molar-refractivity contribution in [1.82, 2.24) is 0 Å². The first-order chi connectivity index (χ1) is 10.0. The van der Waals surface area contributed by atoms with Gasteiger partial charge in [0.15, 0.2) is 11.9 Å². The van der Waals surface area contributed by atoms with Gasteiger partial charge in [-0.2, -0.15) is 0 Å². The highest BCUT2D eigenvalue weighted by atomic mass is 16.6. The van der Waals surface area contributed by atoms with E-state index in [0.29, 0.717) is 18.4 Å². The maximum Gasteiger partial charge on any atom is 0.347 e. The Morgan fingerprint density at radius 3 is 2.67 bits per heavy atom. The third-order valence-corrected chi connectivity index (χ3v) is 2.83. The van der Waals surface area contributed by atoms with Gasteiger partial charge in [-0.25, -0.2) is 4.79 Å². The van der Waals surface area contributed by atoms with Gasteiger partial charge >= 0.3 is 11.7 Å².